The average molecular weight is 357 g/mol. The molecule has 1 unspecified atom stereocenters. The summed E-state index contributed by atoms with van der Waals surface area (Å²) in [6, 6.07) is 7.31. The zero-order valence-electron chi connectivity index (χ0n) is 14.3. The molecule has 1 aliphatic heterocycles. The maximum atomic E-state index is 13.9. The van der Waals surface area contributed by atoms with Crippen LogP contribution in [0.4, 0.5) is 8.78 Å². The van der Waals surface area contributed by atoms with Gasteiger partial charge in [0, 0.05) is 29.9 Å². The summed E-state index contributed by atoms with van der Waals surface area (Å²) in [4.78, 5) is 9.75. The summed E-state index contributed by atoms with van der Waals surface area (Å²) in [6.45, 7) is 2.44. The average Bonchev–Trinajstić information content (AvgIpc) is 3.14. The van der Waals surface area contributed by atoms with Crippen molar-refractivity contribution in [2.75, 3.05) is 13.1 Å². The van der Waals surface area contributed by atoms with Crippen molar-refractivity contribution in [1.29, 1.82) is 0 Å². The Morgan fingerprint density at radius 3 is 2.81 bits per heavy atom. The van der Waals surface area contributed by atoms with Crippen molar-refractivity contribution in [3.8, 4) is 0 Å². The van der Waals surface area contributed by atoms with E-state index in [4.69, 9.17) is 0 Å². The molecule has 2 N–H and O–H groups in total. The van der Waals surface area contributed by atoms with Crippen LogP contribution in [0.2, 0.25) is 0 Å². The van der Waals surface area contributed by atoms with Crippen LogP contribution in [-0.2, 0) is 6.54 Å². The van der Waals surface area contributed by atoms with Crippen LogP contribution in [0.15, 0.2) is 42.7 Å². The molecule has 136 valence electrons. The lowest BCUT2D eigenvalue weighted by molar-refractivity contribution is 0.0543. The van der Waals surface area contributed by atoms with E-state index in [1.54, 1.807) is 6.20 Å². The molecule has 0 radical (unpaired) electrons. The maximum absolute atomic E-state index is 13.9. The van der Waals surface area contributed by atoms with Crippen LogP contribution in [0.5, 0.6) is 0 Å². The molecule has 0 spiro atoms. The number of aliphatic hydroxyl groups is 1. The van der Waals surface area contributed by atoms with Crippen LogP contribution in [0.25, 0.3) is 11.0 Å². The summed E-state index contributed by atoms with van der Waals surface area (Å²) in [5, 5.41) is 11.6. The van der Waals surface area contributed by atoms with E-state index in [0.29, 0.717) is 0 Å². The molecular formula is C20H21F2N3O. The number of pyridine rings is 1. The fraction of sp³-hybridized carbons (Fsp3) is 0.350. The van der Waals surface area contributed by atoms with Crippen molar-refractivity contribution in [3.05, 3.63) is 65.5 Å². The standard InChI is InChI=1S/C20H21F2N3O/c21-15-1-2-18(22)17(11-15)19(26)13-5-9-25(10-6-13)12-14-3-7-23-20-16(14)4-8-24-20/h1-4,7-8,11,13,19,26H,5-6,9-10,12H2,(H,23,24). The molecule has 1 atom stereocenters. The molecule has 2 aromatic heterocycles. The number of aromatic amines is 1. The van der Waals surface area contributed by atoms with Gasteiger partial charge in [-0.05, 0) is 67.7 Å². The van der Waals surface area contributed by atoms with Gasteiger partial charge in [0.25, 0.3) is 0 Å². The molecule has 1 aliphatic rings. The molecule has 1 aromatic carbocycles. The number of nitrogens with one attached hydrogen (secondary N) is 1. The summed E-state index contributed by atoms with van der Waals surface area (Å²) < 4.78 is 27.3. The number of hydrogen-bond acceptors (Lipinski definition) is 3. The minimum Gasteiger partial charge on any atom is -0.388 e. The van der Waals surface area contributed by atoms with Gasteiger partial charge in [-0.1, -0.05) is 0 Å². The molecule has 26 heavy (non-hydrogen) atoms. The van der Waals surface area contributed by atoms with Gasteiger partial charge in [-0.2, -0.15) is 0 Å². The van der Waals surface area contributed by atoms with Crippen molar-refractivity contribution in [1.82, 2.24) is 14.9 Å². The Morgan fingerprint density at radius 1 is 1.19 bits per heavy atom. The largest absolute Gasteiger partial charge is 0.388 e. The van der Waals surface area contributed by atoms with Crippen LogP contribution >= 0.6 is 0 Å². The second-order valence-electron chi connectivity index (χ2n) is 6.93. The molecule has 0 saturated carbocycles. The van der Waals surface area contributed by atoms with Gasteiger partial charge in [0.1, 0.15) is 17.3 Å². The zero-order chi connectivity index (χ0) is 18.1. The highest BCUT2D eigenvalue weighted by molar-refractivity contribution is 5.79. The lowest BCUT2D eigenvalue weighted by Gasteiger charge is -2.34. The third kappa shape index (κ3) is 3.34. The molecule has 1 fully saturated rings. The first-order chi connectivity index (χ1) is 12.6. The van der Waals surface area contributed by atoms with Crippen molar-refractivity contribution in [2.45, 2.75) is 25.5 Å². The number of H-pyrrole nitrogens is 1. The van der Waals surface area contributed by atoms with Gasteiger partial charge in [-0.25, -0.2) is 13.8 Å². The van der Waals surface area contributed by atoms with E-state index in [1.165, 1.54) is 5.56 Å². The summed E-state index contributed by atoms with van der Waals surface area (Å²) in [6.07, 6.45) is 4.22. The second-order valence-corrected chi connectivity index (χ2v) is 6.93. The molecule has 0 bridgehead atoms. The number of likely N-dealkylation sites (tertiary alicyclic amines) is 1. The quantitative estimate of drug-likeness (QED) is 0.747. The van der Waals surface area contributed by atoms with E-state index < -0.39 is 17.7 Å². The van der Waals surface area contributed by atoms with Gasteiger partial charge in [-0.15, -0.1) is 0 Å². The highest BCUT2D eigenvalue weighted by Crippen LogP contribution is 2.33. The van der Waals surface area contributed by atoms with E-state index in [9.17, 15) is 13.9 Å². The van der Waals surface area contributed by atoms with Crippen molar-refractivity contribution < 1.29 is 13.9 Å². The van der Waals surface area contributed by atoms with E-state index in [2.05, 4.69) is 14.9 Å². The first-order valence-electron chi connectivity index (χ1n) is 8.88. The number of piperidine rings is 1. The Labute approximate surface area is 150 Å². The highest BCUT2D eigenvalue weighted by atomic mass is 19.1. The number of hydrogen-bond donors (Lipinski definition) is 2. The van der Waals surface area contributed by atoms with Crippen LogP contribution in [0.1, 0.15) is 30.1 Å². The molecule has 1 saturated heterocycles. The van der Waals surface area contributed by atoms with Gasteiger partial charge in [-0.3, -0.25) is 4.90 Å². The second kappa shape index (κ2) is 7.13. The molecule has 3 heterocycles. The van der Waals surface area contributed by atoms with Crippen LogP contribution in [-0.4, -0.2) is 33.1 Å². The summed E-state index contributed by atoms with van der Waals surface area (Å²) >= 11 is 0. The number of benzene rings is 1. The predicted octanol–water partition coefficient (Wildman–Crippen LogP) is 3.79. The lowest BCUT2D eigenvalue weighted by Crippen LogP contribution is -2.35. The van der Waals surface area contributed by atoms with Crippen molar-refractivity contribution >= 4 is 11.0 Å². The highest BCUT2D eigenvalue weighted by Gasteiger charge is 2.28. The summed E-state index contributed by atoms with van der Waals surface area (Å²) in [7, 11) is 0. The molecule has 4 nitrogen and oxygen atoms in total. The first-order valence-corrected chi connectivity index (χ1v) is 8.88. The maximum Gasteiger partial charge on any atom is 0.137 e. The number of halogens is 2. The van der Waals surface area contributed by atoms with E-state index in [1.807, 2.05) is 18.3 Å². The van der Waals surface area contributed by atoms with Gasteiger partial charge >= 0.3 is 0 Å². The zero-order valence-corrected chi connectivity index (χ0v) is 14.3. The number of rotatable bonds is 4. The SMILES string of the molecule is OC(c1cc(F)ccc1F)C1CCN(Cc2ccnc3[nH]ccc23)CC1. The lowest BCUT2D eigenvalue weighted by atomic mass is 9.87. The topological polar surface area (TPSA) is 52.1 Å². The number of aromatic nitrogens is 2. The molecule has 6 heteroatoms. The smallest absolute Gasteiger partial charge is 0.137 e. The fourth-order valence-electron chi connectivity index (χ4n) is 3.82. The summed E-state index contributed by atoms with van der Waals surface area (Å²) in [5.41, 5.74) is 2.16. The molecular weight excluding hydrogens is 336 g/mol. The van der Waals surface area contributed by atoms with E-state index in [-0.39, 0.29) is 11.5 Å². The normalized spacial score (nSPS) is 17.7. The van der Waals surface area contributed by atoms with Crippen LogP contribution < -0.4 is 0 Å². The van der Waals surface area contributed by atoms with E-state index in [0.717, 1.165) is 61.7 Å². The van der Waals surface area contributed by atoms with Crippen LogP contribution in [0, 0.1) is 17.6 Å². The van der Waals surface area contributed by atoms with Gasteiger partial charge < -0.3 is 10.1 Å². The number of nitrogens with zero attached hydrogens (tertiary/aromatic N) is 2. The minimum atomic E-state index is -0.967. The molecule has 3 aromatic rings. The monoisotopic (exact) mass is 357 g/mol. The third-order valence-electron chi connectivity index (χ3n) is 5.30. The van der Waals surface area contributed by atoms with Gasteiger partial charge in [0.15, 0.2) is 0 Å². The Hall–Kier alpha value is -2.31. The summed E-state index contributed by atoms with van der Waals surface area (Å²) in [5.74, 6) is -1.13. The molecule has 4 rings (SSSR count). The van der Waals surface area contributed by atoms with Gasteiger partial charge in [0.05, 0.1) is 6.10 Å². The Morgan fingerprint density at radius 2 is 2.00 bits per heavy atom. The van der Waals surface area contributed by atoms with E-state index >= 15 is 0 Å². The van der Waals surface area contributed by atoms with Crippen molar-refractivity contribution in [3.63, 3.8) is 0 Å². The third-order valence-corrected chi connectivity index (χ3v) is 5.30. The fourth-order valence-corrected chi connectivity index (χ4v) is 3.82. The minimum absolute atomic E-state index is 0.0617. The first kappa shape index (κ1) is 17.1. The van der Waals surface area contributed by atoms with Crippen LogP contribution in [0.3, 0.4) is 0 Å². The number of fused-ring (bicyclic) bond motifs is 1. The molecule has 0 amide bonds. The van der Waals surface area contributed by atoms with Gasteiger partial charge in [0.2, 0.25) is 0 Å². The Bertz CT molecular complexity index is 903. The Kier molecular flexibility index (Phi) is 4.70. The molecule has 0 aliphatic carbocycles. The van der Waals surface area contributed by atoms with Crippen molar-refractivity contribution in [2.24, 2.45) is 5.92 Å². The predicted molar refractivity (Wildman–Crippen MR) is 95.4 cm³/mol. The number of aliphatic hydroxyl groups excluding tert-OH is 1. The Balaban J connectivity index is 1.41.